The smallest absolute Gasteiger partial charge is 0.338 e. The molecular formula is C23H19ClN2O5. The molecule has 8 heteroatoms. The fourth-order valence-corrected chi connectivity index (χ4v) is 2.83. The highest BCUT2D eigenvalue weighted by Crippen LogP contribution is 2.17. The molecule has 0 aliphatic rings. The van der Waals surface area contributed by atoms with Crippen molar-refractivity contribution in [1.29, 1.82) is 0 Å². The number of halogens is 1. The molecule has 7 nitrogen and oxygen atoms in total. The van der Waals surface area contributed by atoms with Crippen molar-refractivity contribution in [3.8, 4) is 0 Å². The highest BCUT2D eigenvalue weighted by atomic mass is 35.5. The first kappa shape index (κ1) is 21.9. The summed E-state index contributed by atoms with van der Waals surface area (Å²) < 4.78 is 10.2. The fourth-order valence-electron chi connectivity index (χ4n) is 2.61. The van der Waals surface area contributed by atoms with Crippen LogP contribution in [-0.2, 0) is 9.53 Å². The number of amides is 2. The largest absolute Gasteiger partial charge is 0.465 e. The Bertz CT molecular complexity index is 1110. The lowest BCUT2D eigenvalue weighted by atomic mass is 10.2. The summed E-state index contributed by atoms with van der Waals surface area (Å²) in [6.07, 6.45) is 2.85. The second kappa shape index (κ2) is 10.3. The van der Waals surface area contributed by atoms with Crippen molar-refractivity contribution in [3.63, 3.8) is 0 Å². The third-order valence-corrected chi connectivity index (χ3v) is 4.42. The summed E-state index contributed by atoms with van der Waals surface area (Å²) in [4.78, 5) is 37.3. The minimum absolute atomic E-state index is 0.0469. The first-order chi connectivity index (χ1) is 15.0. The summed E-state index contributed by atoms with van der Waals surface area (Å²) in [7, 11) is 0. The van der Waals surface area contributed by atoms with Gasteiger partial charge in [-0.25, -0.2) is 4.79 Å². The molecule has 0 unspecified atom stereocenters. The Morgan fingerprint density at radius 1 is 1.03 bits per heavy atom. The molecule has 0 saturated heterocycles. The molecule has 2 aromatic carbocycles. The SMILES string of the molecule is CCOC(=O)c1ccc(NC(=O)C(=Cc2ccco2)NC(=O)c2ccccc2Cl)cc1. The Kier molecular flexibility index (Phi) is 7.24. The number of benzene rings is 2. The number of anilines is 1. The first-order valence-corrected chi connectivity index (χ1v) is 9.75. The van der Waals surface area contributed by atoms with E-state index in [1.807, 2.05) is 0 Å². The van der Waals surface area contributed by atoms with Gasteiger partial charge in [0, 0.05) is 11.8 Å². The van der Waals surface area contributed by atoms with Crippen molar-refractivity contribution < 1.29 is 23.5 Å². The van der Waals surface area contributed by atoms with E-state index in [2.05, 4.69) is 10.6 Å². The molecule has 0 aliphatic heterocycles. The lowest BCUT2D eigenvalue weighted by Gasteiger charge is -2.12. The molecule has 31 heavy (non-hydrogen) atoms. The van der Waals surface area contributed by atoms with Gasteiger partial charge in [0.1, 0.15) is 11.5 Å². The van der Waals surface area contributed by atoms with Gasteiger partial charge < -0.3 is 19.8 Å². The molecule has 0 spiro atoms. The quantitative estimate of drug-likeness (QED) is 0.417. The molecule has 0 atom stereocenters. The van der Waals surface area contributed by atoms with Gasteiger partial charge in [-0.2, -0.15) is 0 Å². The number of hydrogen-bond acceptors (Lipinski definition) is 5. The molecule has 1 aromatic heterocycles. The number of furan rings is 1. The van der Waals surface area contributed by atoms with Crippen LogP contribution in [0.3, 0.4) is 0 Å². The number of nitrogens with one attached hydrogen (secondary N) is 2. The van der Waals surface area contributed by atoms with Crippen molar-refractivity contribution in [2.24, 2.45) is 0 Å². The normalized spacial score (nSPS) is 11.0. The first-order valence-electron chi connectivity index (χ1n) is 9.37. The number of carbonyl (C=O) groups is 3. The van der Waals surface area contributed by atoms with E-state index in [1.54, 1.807) is 55.5 Å². The van der Waals surface area contributed by atoms with Crippen molar-refractivity contribution >= 4 is 41.1 Å². The van der Waals surface area contributed by atoms with Crippen LogP contribution in [0.5, 0.6) is 0 Å². The maximum atomic E-state index is 12.9. The predicted molar refractivity (Wildman–Crippen MR) is 117 cm³/mol. The van der Waals surface area contributed by atoms with E-state index in [4.69, 9.17) is 20.8 Å². The maximum absolute atomic E-state index is 12.9. The van der Waals surface area contributed by atoms with E-state index >= 15 is 0 Å². The number of rotatable bonds is 7. The average Bonchev–Trinajstić information content (AvgIpc) is 3.27. The molecule has 158 valence electrons. The highest BCUT2D eigenvalue weighted by molar-refractivity contribution is 6.34. The molecule has 1 heterocycles. The zero-order valence-electron chi connectivity index (χ0n) is 16.6. The van der Waals surface area contributed by atoms with E-state index in [0.717, 1.165) is 0 Å². The number of ether oxygens (including phenoxy) is 1. The lowest BCUT2D eigenvalue weighted by Crippen LogP contribution is -2.30. The Morgan fingerprint density at radius 2 is 1.77 bits per heavy atom. The Balaban J connectivity index is 1.79. The minimum atomic E-state index is -0.583. The molecule has 3 aromatic rings. The van der Waals surface area contributed by atoms with Gasteiger partial charge >= 0.3 is 5.97 Å². The molecule has 0 saturated carbocycles. The van der Waals surface area contributed by atoms with Crippen LogP contribution in [0.15, 0.2) is 77.0 Å². The van der Waals surface area contributed by atoms with Crippen molar-refractivity contribution in [2.75, 3.05) is 11.9 Å². The monoisotopic (exact) mass is 438 g/mol. The molecule has 0 fully saturated rings. The van der Waals surface area contributed by atoms with Gasteiger partial charge in [0.15, 0.2) is 0 Å². The van der Waals surface area contributed by atoms with Gasteiger partial charge in [-0.1, -0.05) is 23.7 Å². The van der Waals surface area contributed by atoms with Gasteiger partial charge in [0.05, 0.1) is 29.0 Å². The van der Waals surface area contributed by atoms with Crippen molar-refractivity contribution in [2.45, 2.75) is 6.92 Å². The van der Waals surface area contributed by atoms with Crippen LogP contribution in [0.25, 0.3) is 6.08 Å². The van der Waals surface area contributed by atoms with Crippen LogP contribution >= 0.6 is 11.6 Å². The second-order valence-electron chi connectivity index (χ2n) is 6.26. The zero-order chi connectivity index (χ0) is 22.2. The summed E-state index contributed by atoms with van der Waals surface area (Å²) in [5, 5.41) is 5.50. The molecule has 0 radical (unpaired) electrons. The van der Waals surface area contributed by atoms with Crippen LogP contribution in [0.4, 0.5) is 5.69 Å². The third kappa shape index (κ3) is 5.83. The van der Waals surface area contributed by atoms with Crippen molar-refractivity contribution in [1.82, 2.24) is 5.32 Å². The predicted octanol–water partition coefficient (Wildman–Crippen LogP) is 4.52. The van der Waals surface area contributed by atoms with Gasteiger partial charge in [0.2, 0.25) is 0 Å². The van der Waals surface area contributed by atoms with Crippen LogP contribution in [0.1, 0.15) is 33.4 Å². The van der Waals surface area contributed by atoms with Gasteiger partial charge in [-0.3, -0.25) is 9.59 Å². The second-order valence-corrected chi connectivity index (χ2v) is 6.67. The van der Waals surface area contributed by atoms with Gasteiger partial charge in [0.25, 0.3) is 11.8 Å². The van der Waals surface area contributed by atoms with E-state index in [0.29, 0.717) is 17.0 Å². The van der Waals surface area contributed by atoms with E-state index in [9.17, 15) is 14.4 Å². The summed E-state index contributed by atoms with van der Waals surface area (Å²) in [6.45, 7) is 1.99. The number of hydrogen-bond donors (Lipinski definition) is 2. The average molecular weight is 439 g/mol. The number of esters is 1. The Labute approximate surface area is 183 Å². The van der Waals surface area contributed by atoms with Crippen LogP contribution in [-0.4, -0.2) is 24.4 Å². The summed E-state index contributed by atoms with van der Waals surface area (Å²) >= 11 is 6.08. The van der Waals surface area contributed by atoms with Crippen LogP contribution < -0.4 is 10.6 Å². The molecule has 2 amide bonds. The highest BCUT2D eigenvalue weighted by Gasteiger charge is 2.17. The molecule has 3 rings (SSSR count). The zero-order valence-corrected chi connectivity index (χ0v) is 17.3. The Morgan fingerprint density at radius 3 is 2.42 bits per heavy atom. The number of carbonyl (C=O) groups excluding carboxylic acids is 3. The van der Waals surface area contributed by atoms with E-state index in [-0.39, 0.29) is 22.9 Å². The minimum Gasteiger partial charge on any atom is -0.465 e. The lowest BCUT2D eigenvalue weighted by molar-refractivity contribution is -0.113. The summed E-state index contributed by atoms with van der Waals surface area (Å²) in [5.41, 5.74) is 0.962. The summed E-state index contributed by atoms with van der Waals surface area (Å²) in [5.74, 6) is -1.20. The van der Waals surface area contributed by atoms with E-state index < -0.39 is 17.8 Å². The fraction of sp³-hybridized carbons (Fsp3) is 0.0870. The Hall–Kier alpha value is -3.84. The van der Waals surface area contributed by atoms with Crippen LogP contribution in [0, 0.1) is 0 Å². The van der Waals surface area contributed by atoms with Gasteiger partial charge in [-0.15, -0.1) is 0 Å². The summed E-state index contributed by atoms with van der Waals surface area (Å²) in [6, 6.07) is 16.0. The molecule has 2 N–H and O–H groups in total. The van der Waals surface area contributed by atoms with E-state index in [1.165, 1.54) is 24.5 Å². The molecule has 0 bridgehead atoms. The molecular weight excluding hydrogens is 420 g/mol. The maximum Gasteiger partial charge on any atom is 0.338 e. The topological polar surface area (TPSA) is 97.6 Å². The van der Waals surface area contributed by atoms with Gasteiger partial charge in [-0.05, 0) is 55.5 Å². The van der Waals surface area contributed by atoms with Crippen molar-refractivity contribution in [3.05, 3.63) is 94.5 Å². The molecule has 0 aliphatic carbocycles. The standard InChI is InChI=1S/C23H19ClN2O5/c1-2-30-23(29)15-9-11-16(12-10-15)25-22(28)20(14-17-6-5-13-31-17)26-21(27)18-7-3-4-8-19(18)24/h3-14H,2H2,1H3,(H,25,28)(H,26,27). The van der Waals surface area contributed by atoms with Crippen LogP contribution in [0.2, 0.25) is 5.02 Å². The third-order valence-electron chi connectivity index (χ3n) is 4.09.